The molecule has 0 aromatic heterocycles. The first kappa shape index (κ1) is 21.9. The van der Waals surface area contributed by atoms with Crippen molar-refractivity contribution in [2.75, 3.05) is 34.5 Å². The smallest absolute Gasteiger partial charge is 0.187 e. The van der Waals surface area contributed by atoms with Gasteiger partial charge >= 0.3 is 0 Å². The molecule has 2 aliphatic rings. The van der Waals surface area contributed by atoms with Gasteiger partial charge in [0.2, 0.25) is 0 Å². The highest BCUT2D eigenvalue weighted by molar-refractivity contribution is 4.95. The van der Waals surface area contributed by atoms with E-state index >= 15 is 0 Å². The van der Waals surface area contributed by atoms with E-state index in [1.165, 1.54) is 21.3 Å². The van der Waals surface area contributed by atoms with Gasteiger partial charge in [0.25, 0.3) is 0 Å². The summed E-state index contributed by atoms with van der Waals surface area (Å²) in [5, 5.41) is 48.8. The summed E-state index contributed by atoms with van der Waals surface area (Å²) in [4.78, 5) is 0. The van der Waals surface area contributed by atoms with Crippen LogP contribution in [0.15, 0.2) is 0 Å². The number of rotatable bonds is 9. The van der Waals surface area contributed by atoms with Gasteiger partial charge in [-0.25, -0.2) is 0 Å². The topological polar surface area (TPSA) is 157 Å². The Kier molecular flexibility index (Phi) is 8.12. The predicted molar refractivity (Wildman–Crippen MR) is 83.0 cm³/mol. The predicted octanol–water partition coefficient (Wildman–Crippen LogP) is -3.43. The molecule has 2 rings (SSSR count). The molecule has 1 unspecified atom stereocenters. The van der Waals surface area contributed by atoms with Gasteiger partial charge in [-0.05, 0) is 0 Å². The van der Waals surface area contributed by atoms with Crippen molar-refractivity contribution in [1.82, 2.24) is 0 Å². The molecule has 0 radical (unpaired) electrons. The van der Waals surface area contributed by atoms with E-state index in [2.05, 4.69) is 0 Å². The fourth-order valence-electron chi connectivity index (χ4n) is 3.24. The van der Waals surface area contributed by atoms with Gasteiger partial charge in [0.05, 0.1) is 13.2 Å². The third kappa shape index (κ3) is 4.34. The fourth-order valence-corrected chi connectivity index (χ4v) is 3.24. The summed E-state index contributed by atoms with van der Waals surface area (Å²) in [6.07, 6.45) is -11.2. The molecule has 0 saturated carbocycles. The Labute approximate surface area is 150 Å². The van der Waals surface area contributed by atoms with Crippen molar-refractivity contribution in [3.63, 3.8) is 0 Å². The van der Waals surface area contributed by atoms with E-state index in [0.717, 1.165) is 0 Å². The molecule has 0 spiro atoms. The van der Waals surface area contributed by atoms with Crippen LogP contribution in [0.4, 0.5) is 0 Å². The number of aliphatic hydroxyl groups is 5. The van der Waals surface area contributed by atoms with Crippen LogP contribution in [0.1, 0.15) is 0 Å². The van der Waals surface area contributed by atoms with E-state index in [1.807, 2.05) is 0 Å². The maximum Gasteiger partial charge on any atom is 0.187 e. The highest BCUT2D eigenvalue weighted by Gasteiger charge is 2.52. The quantitative estimate of drug-likeness (QED) is 0.269. The van der Waals surface area contributed by atoms with E-state index in [0.29, 0.717) is 0 Å². The number of hydrogen-bond acceptors (Lipinski definition) is 11. The SMILES string of the molecule is COC[C@@H](O[C@H]1O[C@H]([C@@H](O)CO)[C@@H](O)[C@@H]1O)C1O[C@H](O)[C@@H](OC)[C@@H]1OC. The van der Waals surface area contributed by atoms with Crippen LogP contribution in [0.5, 0.6) is 0 Å². The van der Waals surface area contributed by atoms with Gasteiger partial charge in [0, 0.05) is 21.3 Å². The van der Waals surface area contributed by atoms with Crippen molar-refractivity contribution < 1.29 is 54.0 Å². The molecule has 0 aromatic rings. The van der Waals surface area contributed by atoms with Crippen molar-refractivity contribution in [2.45, 2.75) is 61.4 Å². The first-order valence-corrected chi connectivity index (χ1v) is 8.23. The Morgan fingerprint density at radius 1 is 0.923 bits per heavy atom. The lowest BCUT2D eigenvalue weighted by atomic mass is 10.0. The Bertz CT molecular complexity index is 424. The summed E-state index contributed by atoms with van der Waals surface area (Å²) >= 11 is 0. The summed E-state index contributed by atoms with van der Waals surface area (Å²) in [6, 6.07) is 0. The minimum absolute atomic E-state index is 0.00355. The number of aliphatic hydroxyl groups excluding tert-OH is 5. The molecule has 2 saturated heterocycles. The summed E-state index contributed by atoms with van der Waals surface area (Å²) in [5.41, 5.74) is 0. The maximum absolute atomic E-state index is 10.1. The maximum atomic E-state index is 10.1. The second kappa shape index (κ2) is 9.66. The van der Waals surface area contributed by atoms with Crippen LogP contribution in [0.3, 0.4) is 0 Å². The summed E-state index contributed by atoms with van der Waals surface area (Å²) in [7, 11) is 4.25. The molecule has 0 aromatic carbocycles. The monoisotopic (exact) mass is 384 g/mol. The Morgan fingerprint density at radius 3 is 2.12 bits per heavy atom. The second-order valence-electron chi connectivity index (χ2n) is 6.22. The highest BCUT2D eigenvalue weighted by atomic mass is 16.7. The second-order valence-corrected chi connectivity index (χ2v) is 6.22. The summed E-state index contributed by atoms with van der Waals surface area (Å²) in [5.74, 6) is 0. The third-order valence-electron chi connectivity index (χ3n) is 4.60. The standard InChI is InChI=1S/C15H28O11/c1-21-5-7(11-12(22-2)13(23-3)14(20)25-11)24-15-9(19)8(18)10(26-15)6(17)4-16/h6-20H,4-5H2,1-3H3/t6-,7+,8-,9-,10+,11?,12+,13-,14-,15-/m0/s1. The van der Waals surface area contributed by atoms with Gasteiger partial charge in [-0.3, -0.25) is 0 Å². The van der Waals surface area contributed by atoms with E-state index in [-0.39, 0.29) is 6.61 Å². The number of hydrogen-bond donors (Lipinski definition) is 5. The van der Waals surface area contributed by atoms with Crippen LogP contribution in [-0.4, -0.2) is 121 Å². The average molecular weight is 384 g/mol. The lowest BCUT2D eigenvalue weighted by Gasteiger charge is -2.30. The van der Waals surface area contributed by atoms with E-state index < -0.39 is 68.0 Å². The van der Waals surface area contributed by atoms with Crippen molar-refractivity contribution in [2.24, 2.45) is 0 Å². The third-order valence-corrected chi connectivity index (χ3v) is 4.60. The van der Waals surface area contributed by atoms with Crippen LogP contribution in [0.25, 0.3) is 0 Å². The van der Waals surface area contributed by atoms with E-state index in [4.69, 9.17) is 33.5 Å². The molecule has 0 aliphatic carbocycles. The zero-order valence-corrected chi connectivity index (χ0v) is 14.9. The van der Waals surface area contributed by atoms with Crippen LogP contribution in [0.2, 0.25) is 0 Å². The molecule has 0 bridgehead atoms. The molecule has 26 heavy (non-hydrogen) atoms. The molecule has 10 atom stereocenters. The normalized spacial score (nSPS) is 42.9. The summed E-state index contributed by atoms with van der Waals surface area (Å²) < 4.78 is 32.1. The largest absolute Gasteiger partial charge is 0.394 e. The summed E-state index contributed by atoms with van der Waals surface area (Å²) in [6.45, 7) is -0.647. The minimum atomic E-state index is -1.47. The molecule has 11 nitrogen and oxygen atoms in total. The fraction of sp³-hybridized carbons (Fsp3) is 1.00. The Hall–Kier alpha value is -0.440. The van der Waals surface area contributed by atoms with Crippen molar-refractivity contribution in [1.29, 1.82) is 0 Å². The molecule has 0 amide bonds. The van der Waals surface area contributed by atoms with Gasteiger partial charge in [0.15, 0.2) is 12.6 Å². The molecule has 5 N–H and O–H groups in total. The lowest BCUT2D eigenvalue weighted by molar-refractivity contribution is -0.241. The molecule has 154 valence electrons. The molecule has 2 aliphatic heterocycles. The first-order chi connectivity index (χ1) is 12.4. The van der Waals surface area contributed by atoms with Gasteiger partial charge in [-0.15, -0.1) is 0 Å². The van der Waals surface area contributed by atoms with Crippen molar-refractivity contribution in [3.05, 3.63) is 0 Å². The van der Waals surface area contributed by atoms with Crippen LogP contribution in [-0.2, 0) is 28.4 Å². The van der Waals surface area contributed by atoms with Crippen LogP contribution >= 0.6 is 0 Å². The number of ether oxygens (including phenoxy) is 6. The Balaban J connectivity index is 2.10. The number of methoxy groups -OCH3 is 3. The van der Waals surface area contributed by atoms with Crippen molar-refractivity contribution in [3.8, 4) is 0 Å². The first-order valence-electron chi connectivity index (χ1n) is 8.23. The van der Waals surface area contributed by atoms with Crippen LogP contribution in [0, 0.1) is 0 Å². The van der Waals surface area contributed by atoms with E-state index in [1.54, 1.807) is 0 Å². The highest BCUT2D eigenvalue weighted by Crippen LogP contribution is 2.31. The zero-order valence-electron chi connectivity index (χ0n) is 14.9. The van der Waals surface area contributed by atoms with Gasteiger partial charge < -0.3 is 54.0 Å². The molecular formula is C15H28O11. The molecule has 2 heterocycles. The lowest BCUT2D eigenvalue weighted by Crippen LogP contribution is -2.47. The molecule has 2 fully saturated rings. The van der Waals surface area contributed by atoms with E-state index in [9.17, 15) is 20.4 Å². The van der Waals surface area contributed by atoms with Gasteiger partial charge in [-0.1, -0.05) is 0 Å². The van der Waals surface area contributed by atoms with Gasteiger partial charge in [0.1, 0.15) is 48.8 Å². The van der Waals surface area contributed by atoms with Crippen LogP contribution < -0.4 is 0 Å². The van der Waals surface area contributed by atoms with Gasteiger partial charge in [-0.2, -0.15) is 0 Å². The molecule has 11 heteroatoms. The average Bonchev–Trinajstić information content (AvgIpc) is 3.11. The zero-order chi connectivity index (χ0) is 19.4. The molecular weight excluding hydrogens is 356 g/mol. The Morgan fingerprint density at radius 2 is 1.58 bits per heavy atom. The minimum Gasteiger partial charge on any atom is -0.394 e. The van der Waals surface area contributed by atoms with Crippen molar-refractivity contribution >= 4 is 0 Å².